The van der Waals surface area contributed by atoms with Crippen LogP contribution in [0.1, 0.15) is 66.0 Å². The molecule has 0 aliphatic rings. The third-order valence-electron chi connectivity index (χ3n) is 5.02. The van der Waals surface area contributed by atoms with Gasteiger partial charge in [-0.25, -0.2) is 4.79 Å². The van der Waals surface area contributed by atoms with Gasteiger partial charge in [0.25, 0.3) is 0 Å². The van der Waals surface area contributed by atoms with Crippen molar-refractivity contribution in [2.24, 2.45) is 5.92 Å². The van der Waals surface area contributed by atoms with E-state index >= 15 is 0 Å². The highest BCUT2D eigenvalue weighted by Crippen LogP contribution is 2.27. The molecule has 3 amide bonds. The molecule has 1 aromatic rings. The number of unbranched alkanes of at least 4 members (excludes halogenated alkanes) is 1. The monoisotopic (exact) mass is 493 g/mol. The van der Waals surface area contributed by atoms with E-state index in [9.17, 15) is 24.3 Å². The molecule has 2 atom stereocenters. The maximum Gasteiger partial charge on any atom is 0.408 e. The van der Waals surface area contributed by atoms with Crippen LogP contribution in [0, 0.1) is 5.92 Å². The van der Waals surface area contributed by atoms with E-state index in [-0.39, 0.29) is 24.8 Å². The number of hydrogen-bond acceptors (Lipinski definition) is 7. The summed E-state index contributed by atoms with van der Waals surface area (Å²) in [6.45, 7) is 10.5. The summed E-state index contributed by atoms with van der Waals surface area (Å²) in [5, 5.41) is 15.2. The summed E-state index contributed by atoms with van der Waals surface area (Å²) >= 11 is 0. The van der Waals surface area contributed by atoms with E-state index in [1.165, 1.54) is 24.1 Å². The van der Waals surface area contributed by atoms with Crippen LogP contribution in [-0.4, -0.2) is 65.7 Å². The van der Waals surface area contributed by atoms with Gasteiger partial charge in [0.2, 0.25) is 11.8 Å². The maximum absolute atomic E-state index is 13.8. The second-order valence-electron chi connectivity index (χ2n) is 9.54. The Kier molecular flexibility index (Phi) is 11.5. The van der Waals surface area contributed by atoms with E-state index in [1.807, 2.05) is 6.92 Å². The lowest BCUT2D eigenvalue weighted by Gasteiger charge is -2.35. The molecule has 10 nitrogen and oxygen atoms in total. The number of amides is 3. The van der Waals surface area contributed by atoms with Gasteiger partial charge in [-0.2, -0.15) is 0 Å². The Morgan fingerprint density at radius 2 is 1.80 bits per heavy atom. The zero-order valence-corrected chi connectivity index (χ0v) is 21.7. The largest absolute Gasteiger partial charge is 0.508 e. The van der Waals surface area contributed by atoms with E-state index in [0.717, 1.165) is 6.42 Å². The molecule has 0 bridgehead atoms. The molecule has 1 aromatic carbocycles. The maximum atomic E-state index is 13.8. The molecule has 35 heavy (non-hydrogen) atoms. The molecule has 3 N–H and O–H groups in total. The fourth-order valence-corrected chi connectivity index (χ4v) is 3.32. The first-order chi connectivity index (χ1) is 16.3. The number of benzene rings is 1. The number of alkyl carbamates (subject to hydrolysis) is 1. The second kappa shape index (κ2) is 13.6. The summed E-state index contributed by atoms with van der Waals surface area (Å²) in [6, 6.07) is 3.88. The van der Waals surface area contributed by atoms with Gasteiger partial charge in [-0.15, -0.1) is 0 Å². The highest BCUT2D eigenvalue weighted by molar-refractivity contribution is 5.93. The summed E-state index contributed by atoms with van der Waals surface area (Å²) in [7, 11) is 1.20. The highest BCUT2D eigenvalue weighted by atomic mass is 16.6. The Bertz CT molecular complexity index is 880. The quantitative estimate of drug-likeness (QED) is 0.404. The standard InChI is InChI=1S/C25H39N3O7/c1-8-9-13-28(23(32)20(16(2)3)27-24(33)35-25(4,5)6)21(17-11-10-12-18(29)14-17)22(31)26-15-19(30)34-7/h10-12,14,16,20-21,29H,8-9,13,15H2,1-7H3,(H,26,31)(H,27,33). The zero-order chi connectivity index (χ0) is 26.8. The van der Waals surface area contributed by atoms with Crippen molar-refractivity contribution in [2.45, 2.75) is 72.1 Å². The normalized spacial score (nSPS) is 12.9. The number of methoxy groups -OCH3 is 1. The lowest BCUT2D eigenvalue weighted by molar-refractivity contribution is -0.145. The first-order valence-corrected chi connectivity index (χ1v) is 11.7. The third-order valence-corrected chi connectivity index (χ3v) is 5.02. The number of carbonyl (C=O) groups is 4. The van der Waals surface area contributed by atoms with Crippen LogP contribution in [-0.2, 0) is 23.9 Å². The van der Waals surface area contributed by atoms with E-state index in [0.29, 0.717) is 12.0 Å². The molecule has 2 unspecified atom stereocenters. The Morgan fingerprint density at radius 3 is 2.31 bits per heavy atom. The van der Waals surface area contributed by atoms with Crippen LogP contribution in [0.25, 0.3) is 0 Å². The van der Waals surface area contributed by atoms with Crippen molar-refractivity contribution in [1.29, 1.82) is 0 Å². The minimum absolute atomic E-state index is 0.0801. The number of phenolic OH excluding ortho intramolecular Hbond substituents is 1. The first kappa shape index (κ1) is 29.7. The molecular weight excluding hydrogens is 454 g/mol. The fourth-order valence-electron chi connectivity index (χ4n) is 3.32. The second-order valence-corrected chi connectivity index (χ2v) is 9.54. The van der Waals surface area contributed by atoms with Gasteiger partial charge in [-0.1, -0.05) is 39.3 Å². The molecule has 0 radical (unpaired) electrons. The van der Waals surface area contributed by atoms with Gasteiger partial charge in [0.15, 0.2) is 0 Å². The van der Waals surface area contributed by atoms with Gasteiger partial charge >= 0.3 is 12.1 Å². The Balaban J connectivity index is 3.42. The van der Waals surface area contributed by atoms with Crippen molar-refractivity contribution in [3.05, 3.63) is 29.8 Å². The van der Waals surface area contributed by atoms with Crippen LogP contribution in [0.3, 0.4) is 0 Å². The van der Waals surface area contributed by atoms with Crippen LogP contribution in [0.5, 0.6) is 5.75 Å². The SMILES string of the molecule is CCCCN(C(=O)C(NC(=O)OC(C)(C)C)C(C)C)C(C(=O)NCC(=O)OC)c1cccc(O)c1. The zero-order valence-electron chi connectivity index (χ0n) is 21.7. The van der Waals surface area contributed by atoms with Crippen LogP contribution >= 0.6 is 0 Å². The molecule has 0 aromatic heterocycles. The number of carbonyl (C=O) groups excluding carboxylic acids is 4. The summed E-state index contributed by atoms with van der Waals surface area (Å²) in [4.78, 5) is 52.6. The minimum Gasteiger partial charge on any atom is -0.508 e. The Labute approximate surface area is 207 Å². The number of nitrogens with one attached hydrogen (secondary N) is 2. The Hall–Kier alpha value is -3.30. The van der Waals surface area contributed by atoms with Crippen molar-refractivity contribution in [3.8, 4) is 5.75 Å². The van der Waals surface area contributed by atoms with Crippen molar-refractivity contribution in [1.82, 2.24) is 15.5 Å². The molecule has 0 aliphatic carbocycles. The van der Waals surface area contributed by atoms with Crippen molar-refractivity contribution in [2.75, 3.05) is 20.2 Å². The molecule has 196 valence electrons. The van der Waals surface area contributed by atoms with E-state index < -0.39 is 41.6 Å². The number of phenols is 1. The van der Waals surface area contributed by atoms with Gasteiger partial charge < -0.3 is 30.1 Å². The summed E-state index contributed by atoms with van der Waals surface area (Å²) in [5.41, 5.74) is -0.398. The van der Waals surface area contributed by atoms with Gasteiger partial charge in [-0.05, 0) is 50.8 Å². The van der Waals surface area contributed by atoms with E-state index in [1.54, 1.807) is 46.8 Å². The number of ether oxygens (including phenoxy) is 2. The molecule has 10 heteroatoms. The van der Waals surface area contributed by atoms with Gasteiger partial charge in [0.1, 0.15) is 30.0 Å². The highest BCUT2D eigenvalue weighted by Gasteiger charge is 2.37. The number of aromatic hydroxyl groups is 1. The minimum atomic E-state index is -1.16. The summed E-state index contributed by atoms with van der Waals surface area (Å²) in [6.07, 6.45) is 0.582. The average molecular weight is 494 g/mol. The smallest absolute Gasteiger partial charge is 0.408 e. The molecule has 0 fully saturated rings. The molecule has 0 saturated heterocycles. The average Bonchev–Trinajstić information content (AvgIpc) is 2.76. The molecule has 0 spiro atoms. The molecule has 0 heterocycles. The van der Waals surface area contributed by atoms with E-state index in [2.05, 4.69) is 15.4 Å². The predicted molar refractivity (Wildman–Crippen MR) is 130 cm³/mol. The number of esters is 1. The predicted octanol–water partition coefficient (Wildman–Crippen LogP) is 2.90. The Morgan fingerprint density at radius 1 is 1.14 bits per heavy atom. The summed E-state index contributed by atoms with van der Waals surface area (Å²) < 4.78 is 9.93. The number of rotatable bonds is 11. The van der Waals surface area contributed by atoms with Gasteiger partial charge in [-0.3, -0.25) is 14.4 Å². The summed E-state index contributed by atoms with van der Waals surface area (Å²) in [5.74, 6) is -2.15. The number of hydrogen-bond donors (Lipinski definition) is 3. The molecule has 0 aliphatic heterocycles. The van der Waals surface area contributed by atoms with Crippen molar-refractivity contribution in [3.63, 3.8) is 0 Å². The van der Waals surface area contributed by atoms with Crippen molar-refractivity contribution < 1.29 is 33.8 Å². The van der Waals surface area contributed by atoms with Crippen LogP contribution in [0.15, 0.2) is 24.3 Å². The van der Waals surface area contributed by atoms with Crippen LogP contribution < -0.4 is 10.6 Å². The molecular formula is C25H39N3O7. The van der Waals surface area contributed by atoms with Crippen LogP contribution in [0.4, 0.5) is 4.79 Å². The lowest BCUT2D eigenvalue weighted by atomic mass is 9.98. The molecule has 1 rings (SSSR count). The van der Waals surface area contributed by atoms with Crippen molar-refractivity contribution >= 4 is 23.9 Å². The third kappa shape index (κ3) is 9.84. The van der Waals surface area contributed by atoms with E-state index in [4.69, 9.17) is 4.74 Å². The first-order valence-electron chi connectivity index (χ1n) is 11.7. The lowest BCUT2D eigenvalue weighted by Crippen LogP contribution is -2.55. The van der Waals surface area contributed by atoms with Gasteiger partial charge in [0.05, 0.1) is 7.11 Å². The topological polar surface area (TPSA) is 134 Å². The van der Waals surface area contributed by atoms with Crippen LogP contribution in [0.2, 0.25) is 0 Å². The molecule has 0 saturated carbocycles. The fraction of sp³-hybridized carbons (Fsp3) is 0.600. The van der Waals surface area contributed by atoms with Gasteiger partial charge in [0, 0.05) is 6.54 Å². The number of nitrogens with zero attached hydrogens (tertiary/aromatic N) is 1.